The number of likely N-dealkylation sites (N-methyl/N-ethyl adjacent to an activating group) is 1. The molecule has 1 saturated heterocycles. The number of aryl methyl sites for hydroxylation is 1. The molecule has 2 unspecified atom stereocenters. The Balaban J connectivity index is 2.18. The van der Waals surface area contributed by atoms with Crippen LogP contribution < -0.4 is 5.73 Å². The first-order valence-corrected chi connectivity index (χ1v) is 7.36. The molecule has 1 aromatic carbocycles. The SMILES string of the molecule is CCC1CN(C)CCN1C(CN)c1ccc(C)cc1. The van der Waals surface area contributed by atoms with Crippen molar-refractivity contribution in [3.05, 3.63) is 35.4 Å². The number of rotatable bonds is 4. The second-order valence-electron chi connectivity index (χ2n) is 5.72. The van der Waals surface area contributed by atoms with Crippen LogP contribution >= 0.6 is 0 Å². The smallest absolute Gasteiger partial charge is 0.0474 e. The summed E-state index contributed by atoms with van der Waals surface area (Å²) in [4.78, 5) is 5.03. The molecule has 3 heteroatoms. The van der Waals surface area contributed by atoms with Crippen LogP contribution in [0.5, 0.6) is 0 Å². The molecule has 1 heterocycles. The minimum atomic E-state index is 0.360. The van der Waals surface area contributed by atoms with E-state index in [1.807, 2.05) is 0 Å². The van der Waals surface area contributed by atoms with Crippen molar-refractivity contribution in [2.24, 2.45) is 5.73 Å². The number of nitrogens with zero attached hydrogens (tertiary/aromatic N) is 2. The molecule has 0 amide bonds. The monoisotopic (exact) mass is 261 g/mol. The minimum Gasteiger partial charge on any atom is -0.329 e. The normalized spacial score (nSPS) is 23.5. The Hall–Kier alpha value is -0.900. The maximum Gasteiger partial charge on any atom is 0.0474 e. The molecule has 2 N–H and O–H groups in total. The Morgan fingerprint density at radius 3 is 2.53 bits per heavy atom. The van der Waals surface area contributed by atoms with Gasteiger partial charge in [0.25, 0.3) is 0 Å². The van der Waals surface area contributed by atoms with Crippen molar-refractivity contribution in [2.75, 3.05) is 33.2 Å². The number of piperazine rings is 1. The van der Waals surface area contributed by atoms with Crippen molar-refractivity contribution in [3.8, 4) is 0 Å². The summed E-state index contributed by atoms with van der Waals surface area (Å²) < 4.78 is 0. The Bertz CT molecular complexity index is 387. The summed E-state index contributed by atoms with van der Waals surface area (Å²) in [5.74, 6) is 0. The van der Waals surface area contributed by atoms with Crippen molar-refractivity contribution >= 4 is 0 Å². The predicted molar refractivity (Wildman–Crippen MR) is 81.3 cm³/mol. The van der Waals surface area contributed by atoms with Crippen LogP contribution in [-0.2, 0) is 0 Å². The lowest BCUT2D eigenvalue weighted by Gasteiger charge is -2.44. The van der Waals surface area contributed by atoms with Gasteiger partial charge in [-0.1, -0.05) is 36.8 Å². The highest BCUT2D eigenvalue weighted by atomic mass is 15.3. The van der Waals surface area contributed by atoms with Gasteiger partial charge in [-0.05, 0) is 26.0 Å². The van der Waals surface area contributed by atoms with Crippen LogP contribution in [0, 0.1) is 6.92 Å². The molecule has 1 aromatic rings. The third-order valence-electron chi connectivity index (χ3n) is 4.29. The molecule has 1 aliphatic heterocycles. The van der Waals surface area contributed by atoms with Gasteiger partial charge in [-0.25, -0.2) is 0 Å². The van der Waals surface area contributed by atoms with Gasteiger partial charge in [0.1, 0.15) is 0 Å². The van der Waals surface area contributed by atoms with E-state index in [4.69, 9.17) is 5.73 Å². The molecule has 0 spiro atoms. The zero-order chi connectivity index (χ0) is 13.8. The fourth-order valence-electron chi connectivity index (χ4n) is 3.05. The second kappa shape index (κ2) is 6.51. The van der Waals surface area contributed by atoms with E-state index in [2.05, 4.69) is 55.0 Å². The average Bonchev–Trinajstić information content (AvgIpc) is 2.43. The highest BCUT2D eigenvalue weighted by Crippen LogP contribution is 2.26. The molecule has 1 aliphatic rings. The van der Waals surface area contributed by atoms with Gasteiger partial charge in [0.15, 0.2) is 0 Å². The third kappa shape index (κ3) is 3.35. The van der Waals surface area contributed by atoms with Crippen LogP contribution in [0.4, 0.5) is 0 Å². The molecule has 19 heavy (non-hydrogen) atoms. The van der Waals surface area contributed by atoms with Gasteiger partial charge >= 0.3 is 0 Å². The summed E-state index contributed by atoms with van der Waals surface area (Å²) in [7, 11) is 2.21. The fourth-order valence-corrected chi connectivity index (χ4v) is 3.05. The van der Waals surface area contributed by atoms with Crippen molar-refractivity contribution < 1.29 is 0 Å². The molecular weight excluding hydrogens is 234 g/mol. The molecule has 2 rings (SSSR count). The molecule has 2 atom stereocenters. The van der Waals surface area contributed by atoms with Crippen LogP contribution in [0.2, 0.25) is 0 Å². The lowest BCUT2D eigenvalue weighted by Crippen LogP contribution is -2.53. The summed E-state index contributed by atoms with van der Waals surface area (Å²) >= 11 is 0. The third-order valence-corrected chi connectivity index (χ3v) is 4.29. The Labute approximate surface area is 117 Å². The van der Waals surface area contributed by atoms with Gasteiger partial charge in [-0.2, -0.15) is 0 Å². The number of benzene rings is 1. The second-order valence-corrected chi connectivity index (χ2v) is 5.72. The standard InChI is InChI=1S/C16H27N3/c1-4-15-12-18(3)9-10-19(15)16(11-17)14-7-5-13(2)6-8-14/h5-8,15-16H,4,9-12,17H2,1-3H3. The summed E-state index contributed by atoms with van der Waals surface area (Å²) in [5, 5.41) is 0. The maximum absolute atomic E-state index is 6.07. The van der Waals surface area contributed by atoms with Gasteiger partial charge in [0.2, 0.25) is 0 Å². The van der Waals surface area contributed by atoms with E-state index in [1.54, 1.807) is 0 Å². The number of nitrogens with two attached hydrogens (primary N) is 1. The highest BCUT2D eigenvalue weighted by Gasteiger charge is 2.29. The van der Waals surface area contributed by atoms with Crippen LogP contribution in [0.15, 0.2) is 24.3 Å². The van der Waals surface area contributed by atoms with E-state index < -0.39 is 0 Å². The quantitative estimate of drug-likeness (QED) is 0.900. The molecule has 1 fully saturated rings. The van der Waals surface area contributed by atoms with Crippen LogP contribution in [-0.4, -0.2) is 49.1 Å². The van der Waals surface area contributed by atoms with Gasteiger partial charge in [0, 0.05) is 38.3 Å². The van der Waals surface area contributed by atoms with E-state index in [0.29, 0.717) is 18.6 Å². The number of hydrogen-bond acceptors (Lipinski definition) is 3. The van der Waals surface area contributed by atoms with E-state index >= 15 is 0 Å². The fraction of sp³-hybridized carbons (Fsp3) is 0.625. The molecule has 0 aromatic heterocycles. The molecular formula is C16H27N3. The Morgan fingerprint density at radius 1 is 1.26 bits per heavy atom. The lowest BCUT2D eigenvalue weighted by atomic mass is 9.99. The molecule has 0 bridgehead atoms. The van der Waals surface area contributed by atoms with E-state index in [-0.39, 0.29) is 0 Å². The Morgan fingerprint density at radius 2 is 1.95 bits per heavy atom. The minimum absolute atomic E-state index is 0.360. The van der Waals surface area contributed by atoms with Gasteiger partial charge in [0.05, 0.1) is 0 Å². The van der Waals surface area contributed by atoms with Crippen LogP contribution in [0.25, 0.3) is 0 Å². The average molecular weight is 261 g/mol. The van der Waals surface area contributed by atoms with E-state index in [9.17, 15) is 0 Å². The van der Waals surface area contributed by atoms with Crippen LogP contribution in [0.3, 0.4) is 0 Å². The summed E-state index contributed by atoms with van der Waals surface area (Å²) in [6.45, 7) is 8.51. The topological polar surface area (TPSA) is 32.5 Å². The zero-order valence-electron chi connectivity index (χ0n) is 12.5. The largest absolute Gasteiger partial charge is 0.329 e. The first-order chi connectivity index (χ1) is 9.15. The zero-order valence-corrected chi connectivity index (χ0v) is 12.5. The lowest BCUT2D eigenvalue weighted by molar-refractivity contribution is 0.0521. The molecule has 0 aliphatic carbocycles. The maximum atomic E-state index is 6.07. The van der Waals surface area contributed by atoms with Crippen LogP contribution in [0.1, 0.15) is 30.5 Å². The molecule has 106 valence electrons. The first kappa shape index (κ1) is 14.5. The van der Waals surface area contributed by atoms with Gasteiger partial charge in [-0.15, -0.1) is 0 Å². The van der Waals surface area contributed by atoms with Gasteiger partial charge in [-0.3, -0.25) is 4.90 Å². The summed E-state index contributed by atoms with van der Waals surface area (Å²) in [6.07, 6.45) is 1.19. The van der Waals surface area contributed by atoms with Gasteiger partial charge < -0.3 is 10.6 Å². The van der Waals surface area contributed by atoms with E-state index in [1.165, 1.54) is 17.5 Å². The van der Waals surface area contributed by atoms with Crippen molar-refractivity contribution in [1.29, 1.82) is 0 Å². The van der Waals surface area contributed by atoms with Crippen molar-refractivity contribution in [2.45, 2.75) is 32.4 Å². The highest BCUT2D eigenvalue weighted by molar-refractivity contribution is 5.24. The Kier molecular flexibility index (Phi) is 4.97. The molecule has 3 nitrogen and oxygen atoms in total. The van der Waals surface area contributed by atoms with Crippen molar-refractivity contribution in [3.63, 3.8) is 0 Å². The molecule has 0 radical (unpaired) electrons. The first-order valence-electron chi connectivity index (χ1n) is 7.36. The summed E-state index contributed by atoms with van der Waals surface area (Å²) in [6, 6.07) is 9.83. The molecule has 0 saturated carbocycles. The predicted octanol–water partition coefficient (Wildman–Crippen LogP) is 2.02. The summed E-state index contributed by atoms with van der Waals surface area (Å²) in [5.41, 5.74) is 8.74. The van der Waals surface area contributed by atoms with Crippen molar-refractivity contribution in [1.82, 2.24) is 9.80 Å². The van der Waals surface area contributed by atoms with E-state index in [0.717, 1.165) is 19.6 Å². The number of hydrogen-bond donors (Lipinski definition) is 1.